The molecular formula is C12H24O3. The highest BCUT2D eigenvalue weighted by molar-refractivity contribution is 5.81. The number of aliphatic hydroxyl groups is 2. The van der Waals surface area contributed by atoms with Gasteiger partial charge < -0.3 is 10.2 Å². The smallest absolute Gasteiger partial charge is 0.140 e. The van der Waals surface area contributed by atoms with Gasteiger partial charge in [0.1, 0.15) is 5.78 Å². The average Bonchev–Trinajstić information content (AvgIpc) is 2.14. The summed E-state index contributed by atoms with van der Waals surface area (Å²) in [6.07, 6.45) is -1.07. The molecule has 15 heavy (non-hydrogen) atoms. The molecule has 0 aliphatic heterocycles. The standard InChI is InChI=1S/C12H24O3/c1-7(2)10(13)6-11(14)9(5)12(15)8(3)4/h7-10,12-13,15H,6H2,1-5H3/t9-,10+,12+/m1/s1. The molecular weight excluding hydrogens is 192 g/mol. The van der Waals surface area contributed by atoms with Crippen LogP contribution >= 0.6 is 0 Å². The van der Waals surface area contributed by atoms with Crippen LogP contribution in [0.4, 0.5) is 0 Å². The predicted octanol–water partition coefficient (Wildman–Crippen LogP) is 1.62. The second-order valence-corrected chi connectivity index (χ2v) is 5.01. The van der Waals surface area contributed by atoms with Crippen LogP contribution in [0, 0.1) is 17.8 Å². The second kappa shape index (κ2) is 6.23. The average molecular weight is 216 g/mol. The molecule has 0 spiro atoms. The molecule has 2 N–H and O–H groups in total. The van der Waals surface area contributed by atoms with Gasteiger partial charge in [0.25, 0.3) is 0 Å². The Bertz CT molecular complexity index is 199. The molecule has 0 radical (unpaired) electrons. The molecule has 0 unspecified atom stereocenters. The Labute approximate surface area is 92.5 Å². The molecule has 3 nitrogen and oxygen atoms in total. The summed E-state index contributed by atoms with van der Waals surface area (Å²) in [5.74, 6) is -0.298. The van der Waals surface area contributed by atoms with Crippen LogP contribution in [0.15, 0.2) is 0 Å². The van der Waals surface area contributed by atoms with Crippen molar-refractivity contribution in [1.29, 1.82) is 0 Å². The van der Waals surface area contributed by atoms with Crippen LogP contribution in [0.2, 0.25) is 0 Å². The quantitative estimate of drug-likeness (QED) is 0.709. The van der Waals surface area contributed by atoms with E-state index in [0.717, 1.165) is 0 Å². The molecule has 0 bridgehead atoms. The molecule has 0 aromatic rings. The molecule has 0 aliphatic rings. The first kappa shape index (κ1) is 14.6. The minimum atomic E-state index is -0.614. The van der Waals surface area contributed by atoms with E-state index in [1.807, 2.05) is 27.7 Å². The Morgan fingerprint density at radius 3 is 1.80 bits per heavy atom. The van der Waals surface area contributed by atoms with Crippen LogP contribution in [0.3, 0.4) is 0 Å². The van der Waals surface area contributed by atoms with Crippen LogP contribution in [0.5, 0.6) is 0 Å². The Balaban J connectivity index is 4.21. The van der Waals surface area contributed by atoms with Crippen LogP contribution in [-0.4, -0.2) is 28.2 Å². The zero-order chi connectivity index (χ0) is 12.2. The summed E-state index contributed by atoms with van der Waals surface area (Å²) in [5.41, 5.74) is 0. The molecule has 0 heterocycles. The van der Waals surface area contributed by atoms with Gasteiger partial charge in [-0.15, -0.1) is 0 Å². The number of rotatable bonds is 6. The van der Waals surface area contributed by atoms with Crippen LogP contribution in [-0.2, 0) is 4.79 Å². The van der Waals surface area contributed by atoms with Crippen molar-refractivity contribution in [2.24, 2.45) is 17.8 Å². The monoisotopic (exact) mass is 216 g/mol. The lowest BCUT2D eigenvalue weighted by Gasteiger charge is -2.23. The Kier molecular flexibility index (Phi) is 6.06. The number of carbonyl (C=O) groups is 1. The zero-order valence-electron chi connectivity index (χ0n) is 10.4. The van der Waals surface area contributed by atoms with Gasteiger partial charge in [-0.2, -0.15) is 0 Å². The third-order valence-electron chi connectivity index (χ3n) is 2.88. The Hall–Kier alpha value is -0.410. The number of ketones is 1. The number of hydrogen-bond acceptors (Lipinski definition) is 3. The fourth-order valence-electron chi connectivity index (χ4n) is 1.40. The first-order valence-corrected chi connectivity index (χ1v) is 5.66. The van der Waals surface area contributed by atoms with Gasteiger partial charge in [0.2, 0.25) is 0 Å². The van der Waals surface area contributed by atoms with Gasteiger partial charge in [-0.25, -0.2) is 0 Å². The third kappa shape index (κ3) is 4.76. The second-order valence-electron chi connectivity index (χ2n) is 5.01. The molecule has 0 saturated carbocycles. The van der Waals surface area contributed by atoms with Crippen molar-refractivity contribution in [3.63, 3.8) is 0 Å². The Morgan fingerprint density at radius 2 is 1.47 bits per heavy atom. The van der Waals surface area contributed by atoms with Crippen LogP contribution in [0.25, 0.3) is 0 Å². The fourth-order valence-corrected chi connectivity index (χ4v) is 1.40. The zero-order valence-corrected chi connectivity index (χ0v) is 10.4. The van der Waals surface area contributed by atoms with E-state index in [0.29, 0.717) is 0 Å². The van der Waals surface area contributed by atoms with Crippen molar-refractivity contribution >= 4 is 5.78 Å². The van der Waals surface area contributed by atoms with Crippen LogP contribution < -0.4 is 0 Å². The summed E-state index contributed by atoms with van der Waals surface area (Å²) in [7, 11) is 0. The lowest BCUT2D eigenvalue weighted by Crippen LogP contribution is -2.32. The minimum Gasteiger partial charge on any atom is -0.392 e. The van der Waals surface area contributed by atoms with E-state index in [2.05, 4.69) is 0 Å². The number of hydrogen-bond donors (Lipinski definition) is 2. The van der Waals surface area contributed by atoms with Gasteiger partial charge in [-0.1, -0.05) is 34.6 Å². The van der Waals surface area contributed by atoms with E-state index in [-0.39, 0.29) is 24.0 Å². The van der Waals surface area contributed by atoms with E-state index < -0.39 is 18.1 Å². The SMILES string of the molecule is CC(C)[C@@H](O)CC(=O)[C@@H](C)[C@@H](O)C(C)C. The fraction of sp³-hybridized carbons (Fsp3) is 0.917. The first-order chi connectivity index (χ1) is 6.77. The molecule has 3 heteroatoms. The van der Waals surface area contributed by atoms with E-state index in [1.54, 1.807) is 6.92 Å². The first-order valence-electron chi connectivity index (χ1n) is 5.66. The molecule has 0 fully saturated rings. The molecule has 0 aliphatic carbocycles. The number of carbonyl (C=O) groups excluding carboxylic acids is 1. The van der Waals surface area contributed by atoms with Gasteiger partial charge in [0, 0.05) is 12.3 Å². The van der Waals surface area contributed by atoms with Gasteiger partial charge in [-0.3, -0.25) is 4.79 Å². The van der Waals surface area contributed by atoms with Crippen molar-refractivity contribution in [3.05, 3.63) is 0 Å². The van der Waals surface area contributed by atoms with E-state index in [4.69, 9.17) is 0 Å². The van der Waals surface area contributed by atoms with Crippen LogP contribution in [0.1, 0.15) is 41.0 Å². The van der Waals surface area contributed by atoms with Crippen molar-refractivity contribution in [1.82, 2.24) is 0 Å². The molecule has 0 amide bonds. The summed E-state index contributed by atoms with van der Waals surface area (Å²) in [6, 6.07) is 0. The summed E-state index contributed by atoms with van der Waals surface area (Å²) in [6.45, 7) is 9.24. The van der Waals surface area contributed by atoms with Crippen molar-refractivity contribution in [3.8, 4) is 0 Å². The maximum atomic E-state index is 11.7. The predicted molar refractivity (Wildman–Crippen MR) is 60.5 cm³/mol. The highest BCUT2D eigenvalue weighted by Crippen LogP contribution is 2.17. The van der Waals surface area contributed by atoms with Gasteiger partial charge in [0.15, 0.2) is 0 Å². The molecule has 90 valence electrons. The molecule has 0 aromatic carbocycles. The molecule has 0 saturated heterocycles. The third-order valence-corrected chi connectivity index (χ3v) is 2.88. The lowest BCUT2D eigenvalue weighted by atomic mass is 9.88. The summed E-state index contributed by atoms with van der Waals surface area (Å²) >= 11 is 0. The topological polar surface area (TPSA) is 57.5 Å². The highest BCUT2D eigenvalue weighted by Gasteiger charge is 2.26. The maximum Gasteiger partial charge on any atom is 0.140 e. The normalized spacial score (nSPS) is 17.9. The highest BCUT2D eigenvalue weighted by atomic mass is 16.3. The van der Waals surface area contributed by atoms with Gasteiger partial charge in [-0.05, 0) is 11.8 Å². The summed E-state index contributed by atoms with van der Waals surface area (Å²) in [4.78, 5) is 11.7. The molecule has 3 atom stereocenters. The minimum absolute atomic E-state index is 0.0580. The van der Waals surface area contributed by atoms with E-state index in [9.17, 15) is 15.0 Å². The van der Waals surface area contributed by atoms with E-state index >= 15 is 0 Å². The largest absolute Gasteiger partial charge is 0.392 e. The summed E-state index contributed by atoms with van der Waals surface area (Å²) in [5, 5.41) is 19.3. The summed E-state index contributed by atoms with van der Waals surface area (Å²) < 4.78 is 0. The van der Waals surface area contributed by atoms with Crippen molar-refractivity contribution in [2.75, 3.05) is 0 Å². The molecule has 0 rings (SSSR count). The number of Topliss-reactive ketones (excluding diaryl/α,β-unsaturated/α-hetero) is 1. The molecule has 0 aromatic heterocycles. The Morgan fingerprint density at radius 1 is 1.00 bits per heavy atom. The van der Waals surface area contributed by atoms with Crippen molar-refractivity contribution < 1.29 is 15.0 Å². The van der Waals surface area contributed by atoms with Crippen molar-refractivity contribution in [2.45, 2.75) is 53.2 Å². The number of aliphatic hydroxyl groups excluding tert-OH is 2. The maximum absolute atomic E-state index is 11.7. The van der Waals surface area contributed by atoms with E-state index in [1.165, 1.54) is 0 Å². The van der Waals surface area contributed by atoms with Gasteiger partial charge >= 0.3 is 0 Å². The lowest BCUT2D eigenvalue weighted by molar-refractivity contribution is -0.129. The van der Waals surface area contributed by atoms with Gasteiger partial charge in [0.05, 0.1) is 12.2 Å².